The van der Waals surface area contributed by atoms with Crippen molar-refractivity contribution in [1.82, 2.24) is 0 Å². The van der Waals surface area contributed by atoms with E-state index in [2.05, 4.69) is 193 Å². The average molecular weight is 628 g/mol. The van der Waals surface area contributed by atoms with Crippen molar-refractivity contribution in [1.29, 1.82) is 0 Å². The molecule has 0 spiro atoms. The Bertz CT molecular complexity index is 2210. The van der Waals surface area contributed by atoms with E-state index in [1.165, 1.54) is 71.3 Å². The molecule has 8 rings (SSSR count). The van der Waals surface area contributed by atoms with Gasteiger partial charge in [-0.2, -0.15) is 0 Å². The number of rotatable bonds is 3. The van der Waals surface area contributed by atoms with Gasteiger partial charge in [0.1, 0.15) is 0 Å². The Kier molecular flexibility index (Phi) is 7.80. The largest absolute Gasteiger partial charge is 0.0622 e. The van der Waals surface area contributed by atoms with Gasteiger partial charge in [-0.15, -0.1) is 0 Å². The molecule has 0 aliphatic rings. The van der Waals surface area contributed by atoms with Crippen molar-refractivity contribution in [2.24, 2.45) is 0 Å². The standard InChI is InChI=1S/C32H21Br.C11H10/c33-32-28-14-8-7-13-27(28)31(25-17-15-24(16-18-25)22-9-3-1-4-10-22)30-21-26(19-20-29(30)32)23-11-5-2-6-12-23;1-9-6-7-10-4-2-3-5-11(10)8-9/h1-21H;2-8H,1H3. The first kappa shape index (κ1) is 27.8. The quantitative estimate of drug-likeness (QED) is 0.171. The van der Waals surface area contributed by atoms with Crippen LogP contribution in [0, 0.1) is 6.92 Å². The molecule has 0 nitrogen and oxygen atoms in total. The normalized spacial score (nSPS) is 11.0. The maximum atomic E-state index is 3.91. The molecule has 0 fully saturated rings. The Balaban J connectivity index is 0.000000239. The molecule has 8 aromatic rings. The minimum atomic E-state index is 1.15. The fourth-order valence-corrected chi connectivity index (χ4v) is 6.71. The van der Waals surface area contributed by atoms with Gasteiger partial charge in [0.05, 0.1) is 0 Å². The van der Waals surface area contributed by atoms with Gasteiger partial charge in [-0.25, -0.2) is 0 Å². The number of halogens is 1. The van der Waals surface area contributed by atoms with Crippen LogP contribution in [0.25, 0.3) is 65.7 Å². The monoisotopic (exact) mass is 626 g/mol. The summed E-state index contributed by atoms with van der Waals surface area (Å²) in [6.07, 6.45) is 0. The van der Waals surface area contributed by atoms with E-state index in [1.54, 1.807) is 0 Å². The van der Waals surface area contributed by atoms with Crippen molar-refractivity contribution >= 4 is 48.2 Å². The lowest BCUT2D eigenvalue weighted by molar-refractivity contribution is 1.51. The molecule has 0 saturated carbocycles. The number of hydrogen-bond donors (Lipinski definition) is 0. The molecule has 210 valence electrons. The zero-order valence-electron chi connectivity index (χ0n) is 24.5. The molecule has 0 aromatic heterocycles. The minimum Gasteiger partial charge on any atom is -0.0622 e. The van der Waals surface area contributed by atoms with E-state index >= 15 is 0 Å². The summed E-state index contributed by atoms with van der Waals surface area (Å²) in [4.78, 5) is 0. The van der Waals surface area contributed by atoms with E-state index in [1.807, 2.05) is 0 Å². The minimum absolute atomic E-state index is 1.15. The summed E-state index contributed by atoms with van der Waals surface area (Å²) in [5.74, 6) is 0. The zero-order valence-corrected chi connectivity index (χ0v) is 26.1. The number of aryl methyl sites for hydroxylation is 1. The Morgan fingerprint density at radius 2 is 0.841 bits per heavy atom. The zero-order chi connectivity index (χ0) is 29.9. The smallest absolute Gasteiger partial charge is 0.0332 e. The van der Waals surface area contributed by atoms with Crippen molar-refractivity contribution in [3.8, 4) is 33.4 Å². The molecule has 0 N–H and O–H groups in total. The van der Waals surface area contributed by atoms with Crippen LogP contribution in [-0.2, 0) is 0 Å². The highest BCUT2D eigenvalue weighted by atomic mass is 79.9. The molecule has 44 heavy (non-hydrogen) atoms. The van der Waals surface area contributed by atoms with E-state index in [9.17, 15) is 0 Å². The third-order valence-electron chi connectivity index (χ3n) is 8.25. The highest BCUT2D eigenvalue weighted by Gasteiger charge is 2.15. The van der Waals surface area contributed by atoms with Gasteiger partial charge in [0, 0.05) is 4.47 Å². The van der Waals surface area contributed by atoms with Gasteiger partial charge < -0.3 is 0 Å². The van der Waals surface area contributed by atoms with Crippen LogP contribution < -0.4 is 0 Å². The molecule has 0 aliphatic carbocycles. The topological polar surface area (TPSA) is 0 Å². The summed E-state index contributed by atoms with van der Waals surface area (Å²) in [6, 6.07) is 60.5. The molecule has 0 radical (unpaired) electrons. The van der Waals surface area contributed by atoms with Crippen molar-refractivity contribution in [3.63, 3.8) is 0 Å². The second-order valence-corrected chi connectivity index (χ2v) is 11.9. The maximum Gasteiger partial charge on any atom is 0.0332 e. The summed E-state index contributed by atoms with van der Waals surface area (Å²) in [7, 11) is 0. The highest BCUT2D eigenvalue weighted by molar-refractivity contribution is 9.10. The lowest BCUT2D eigenvalue weighted by Crippen LogP contribution is -1.89. The Morgan fingerprint density at radius 1 is 0.341 bits per heavy atom. The van der Waals surface area contributed by atoms with Gasteiger partial charge in [-0.3, -0.25) is 0 Å². The Morgan fingerprint density at radius 3 is 1.55 bits per heavy atom. The van der Waals surface area contributed by atoms with Gasteiger partial charge in [0.2, 0.25) is 0 Å². The van der Waals surface area contributed by atoms with Gasteiger partial charge in [-0.05, 0) is 94.6 Å². The lowest BCUT2D eigenvalue weighted by atomic mass is 9.89. The third kappa shape index (κ3) is 5.55. The molecule has 0 atom stereocenters. The van der Waals surface area contributed by atoms with Gasteiger partial charge in [-0.1, -0.05) is 169 Å². The first-order valence-electron chi connectivity index (χ1n) is 15.0. The summed E-state index contributed by atoms with van der Waals surface area (Å²) >= 11 is 3.91. The molecule has 8 aromatic carbocycles. The van der Waals surface area contributed by atoms with Crippen LogP contribution in [0.1, 0.15) is 5.56 Å². The predicted molar refractivity (Wildman–Crippen MR) is 194 cm³/mol. The van der Waals surface area contributed by atoms with Gasteiger partial charge in [0.15, 0.2) is 0 Å². The van der Waals surface area contributed by atoms with Crippen molar-refractivity contribution in [3.05, 3.63) is 180 Å². The van der Waals surface area contributed by atoms with E-state index in [4.69, 9.17) is 0 Å². The second-order valence-electron chi connectivity index (χ2n) is 11.2. The summed E-state index contributed by atoms with van der Waals surface area (Å²) < 4.78 is 1.15. The summed E-state index contributed by atoms with van der Waals surface area (Å²) in [6.45, 7) is 2.12. The number of fused-ring (bicyclic) bond motifs is 3. The Hall–Kier alpha value is -4.98. The maximum absolute atomic E-state index is 3.91. The van der Waals surface area contributed by atoms with Crippen LogP contribution in [0.2, 0.25) is 0 Å². The third-order valence-corrected chi connectivity index (χ3v) is 9.11. The molecular weight excluding hydrogens is 596 g/mol. The predicted octanol–water partition coefficient (Wildman–Crippen LogP) is 12.9. The van der Waals surface area contributed by atoms with E-state index in [-0.39, 0.29) is 0 Å². The summed E-state index contributed by atoms with van der Waals surface area (Å²) in [5, 5.41) is 7.63. The van der Waals surface area contributed by atoms with Crippen molar-refractivity contribution in [2.45, 2.75) is 6.92 Å². The van der Waals surface area contributed by atoms with Crippen LogP contribution in [0.5, 0.6) is 0 Å². The van der Waals surface area contributed by atoms with Crippen molar-refractivity contribution < 1.29 is 0 Å². The molecule has 0 saturated heterocycles. The lowest BCUT2D eigenvalue weighted by Gasteiger charge is -2.16. The second kappa shape index (κ2) is 12.3. The number of hydrogen-bond acceptors (Lipinski definition) is 0. The molecule has 0 heterocycles. The molecule has 1 heteroatoms. The fraction of sp³-hybridized carbons (Fsp3) is 0.0233. The molecule has 0 unspecified atom stereocenters. The SMILES string of the molecule is Brc1c2ccccc2c(-c2ccc(-c3ccccc3)cc2)c2cc(-c3ccccc3)ccc12.Cc1ccc2ccccc2c1. The number of benzene rings is 8. The van der Waals surface area contributed by atoms with Crippen molar-refractivity contribution in [2.75, 3.05) is 0 Å². The van der Waals surface area contributed by atoms with E-state index in [0.717, 1.165) is 4.47 Å². The van der Waals surface area contributed by atoms with Crippen LogP contribution in [0.3, 0.4) is 0 Å². The first-order valence-corrected chi connectivity index (χ1v) is 15.8. The van der Waals surface area contributed by atoms with Gasteiger partial charge >= 0.3 is 0 Å². The highest BCUT2D eigenvalue weighted by Crippen LogP contribution is 2.43. The van der Waals surface area contributed by atoms with Crippen LogP contribution >= 0.6 is 15.9 Å². The fourth-order valence-electron chi connectivity index (χ4n) is 6.02. The average Bonchev–Trinajstić information content (AvgIpc) is 3.09. The Labute approximate surface area is 267 Å². The van der Waals surface area contributed by atoms with Crippen LogP contribution in [0.4, 0.5) is 0 Å². The van der Waals surface area contributed by atoms with Gasteiger partial charge in [0.25, 0.3) is 0 Å². The van der Waals surface area contributed by atoms with E-state index < -0.39 is 0 Å². The molecular formula is C43H31Br. The van der Waals surface area contributed by atoms with Crippen LogP contribution in [0.15, 0.2) is 174 Å². The molecule has 0 bridgehead atoms. The molecule has 0 aliphatic heterocycles. The summed E-state index contributed by atoms with van der Waals surface area (Å²) in [5.41, 5.74) is 8.76. The van der Waals surface area contributed by atoms with Crippen LogP contribution in [-0.4, -0.2) is 0 Å². The molecule has 0 amide bonds. The first-order chi connectivity index (χ1) is 21.7. The van der Waals surface area contributed by atoms with E-state index in [0.29, 0.717) is 0 Å².